The lowest BCUT2D eigenvalue weighted by molar-refractivity contribution is -0.125. The zero-order chi connectivity index (χ0) is 20.1. The Kier molecular flexibility index (Phi) is 6.00. The standard InChI is InChI=1S/C22H22ClN5O/c23-19-4-2-1-3-18(19)15-25-22(29)17-9-13-28(14-10-17)21-6-5-20(26-27-21)16-7-11-24-12-8-16/h1-8,11-12,17H,9-10,13-15H2,(H,25,29). The molecule has 1 aliphatic rings. The van der Waals surface area contributed by atoms with Gasteiger partial charge in [0.25, 0.3) is 0 Å². The molecule has 4 rings (SSSR count). The van der Waals surface area contributed by atoms with Crippen LogP contribution >= 0.6 is 11.6 Å². The third-order valence-corrected chi connectivity index (χ3v) is 5.60. The number of anilines is 1. The Morgan fingerprint density at radius 1 is 1.03 bits per heavy atom. The minimum absolute atomic E-state index is 0.0118. The molecule has 0 aliphatic carbocycles. The van der Waals surface area contributed by atoms with E-state index in [4.69, 9.17) is 11.6 Å². The van der Waals surface area contributed by atoms with E-state index in [1.54, 1.807) is 12.4 Å². The molecule has 2 aromatic heterocycles. The van der Waals surface area contributed by atoms with Crippen LogP contribution in [0.25, 0.3) is 11.3 Å². The van der Waals surface area contributed by atoms with E-state index in [0.29, 0.717) is 11.6 Å². The molecular formula is C22H22ClN5O. The van der Waals surface area contributed by atoms with E-state index in [9.17, 15) is 4.79 Å². The molecule has 29 heavy (non-hydrogen) atoms. The predicted molar refractivity (Wildman–Crippen MR) is 113 cm³/mol. The zero-order valence-electron chi connectivity index (χ0n) is 16.0. The third-order valence-electron chi connectivity index (χ3n) is 5.23. The number of benzene rings is 1. The summed E-state index contributed by atoms with van der Waals surface area (Å²) in [5.41, 5.74) is 2.75. The molecule has 0 radical (unpaired) electrons. The summed E-state index contributed by atoms with van der Waals surface area (Å²) in [5, 5.41) is 12.4. The summed E-state index contributed by atoms with van der Waals surface area (Å²) >= 11 is 6.16. The highest BCUT2D eigenvalue weighted by atomic mass is 35.5. The summed E-state index contributed by atoms with van der Waals surface area (Å²) in [7, 11) is 0. The number of aromatic nitrogens is 3. The van der Waals surface area contributed by atoms with Gasteiger partial charge < -0.3 is 10.2 Å². The number of amides is 1. The van der Waals surface area contributed by atoms with Crippen molar-refractivity contribution in [2.24, 2.45) is 5.92 Å². The van der Waals surface area contributed by atoms with Crippen molar-refractivity contribution in [3.05, 3.63) is 71.5 Å². The number of rotatable bonds is 5. The van der Waals surface area contributed by atoms with Crippen LogP contribution in [0.5, 0.6) is 0 Å². The number of halogens is 1. The van der Waals surface area contributed by atoms with E-state index >= 15 is 0 Å². The summed E-state index contributed by atoms with van der Waals surface area (Å²) < 4.78 is 0. The van der Waals surface area contributed by atoms with Gasteiger partial charge in [-0.15, -0.1) is 10.2 Å². The van der Waals surface area contributed by atoms with Crippen LogP contribution in [0, 0.1) is 5.92 Å². The van der Waals surface area contributed by atoms with Gasteiger partial charge in [-0.3, -0.25) is 9.78 Å². The van der Waals surface area contributed by atoms with Gasteiger partial charge in [0.1, 0.15) is 0 Å². The van der Waals surface area contributed by atoms with Crippen LogP contribution in [-0.4, -0.2) is 34.2 Å². The van der Waals surface area contributed by atoms with Gasteiger partial charge in [0.05, 0.1) is 5.69 Å². The molecule has 0 atom stereocenters. The summed E-state index contributed by atoms with van der Waals surface area (Å²) in [4.78, 5) is 18.7. The molecule has 148 valence electrons. The van der Waals surface area contributed by atoms with Crippen molar-refractivity contribution < 1.29 is 4.79 Å². The second-order valence-electron chi connectivity index (χ2n) is 7.08. The van der Waals surface area contributed by atoms with Crippen molar-refractivity contribution in [2.75, 3.05) is 18.0 Å². The number of hydrogen-bond donors (Lipinski definition) is 1. The van der Waals surface area contributed by atoms with Crippen LogP contribution in [0.3, 0.4) is 0 Å². The highest BCUT2D eigenvalue weighted by Crippen LogP contribution is 2.23. The maximum absolute atomic E-state index is 12.5. The van der Waals surface area contributed by atoms with Crippen LogP contribution < -0.4 is 10.2 Å². The molecule has 1 saturated heterocycles. The molecule has 3 aromatic rings. The fourth-order valence-electron chi connectivity index (χ4n) is 3.51. The molecule has 0 saturated carbocycles. The van der Waals surface area contributed by atoms with Crippen molar-refractivity contribution in [3.8, 4) is 11.3 Å². The predicted octanol–water partition coefficient (Wildman–Crippen LogP) is 3.72. The lowest BCUT2D eigenvalue weighted by Gasteiger charge is -2.31. The van der Waals surface area contributed by atoms with E-state index < -0.39 is 0 Å². The van der Waals surface area contributed by atoms with Gasteiger partial charge in [-0.1, -0.05) is 29.8 Å². The average molecular weight is 408 g/mol. The summed E-state index contributed by atoms with van der Waals surface area (Å²) in [6, 6.07) is 15.4. The highest BCUT2D eigenvalue weighted by molar-refractivity contribution is 6.31. The van der Waals surface area contributed by atoms with E-state index in [1.165, 1.54) is 0 Å². The lowest BCUT2D eigenvalue weighted by atomic mass is 9.96. The highest BCUT2D eigenvalue weighted by Gasteiger charge is 2.25. The maximum Gasteiger partial charge on any atom is 0.223 e. The van der Waals surface area contributed by atoms with Crippen molar-refractivity contribution in [1.82, 2.24) is 20.5 Å². The topological polar surface area (TPSA) is 71.0 Å². The van der Waals surface area contributed by atoms with Crippen molar-refractivity contribution in [2.45, 2.75) is 19.4 Å². The van der Waals surface area contributed by atoms with Crippen LogP contribution in [0.4, 0.5) is 5.82 Å². The second kappa shape index (κ2) is 9.01. The molecule has 1 N–H and O–H groups in total. The minimum atomic E-state index is 0.0118. The Morgan fingerprint density at radius 2 is 1.79 bits per heavy atom. The molecule has 0 bridgehead atoms. The van der Waals surface area contributed by atoms with Crippen LogP contribution in [-0.2, 0) is 11.3 Å². The summed E-state index contributed by atoms with van der Waals surface area (Å²) in [6.45, 7) is 2.03. The lowest BCUT2D eigenvalue weighted by Crippen LogP contribution is -2.40. The Hall–Kier alpha value is -2.99. The van der Waals surface area contributed by atoms with Gasteiger partial charge in [-0.25, -0.2) is 0 Å². The van der Waals surface area contributed by atoms with Gasteiger partial charge in [-0.05, 0) is 48.7 Å². The molecule has 0 spiro atoms. The largest absolute Gasteiger partial charge is 0.355 e. The van der Waals surface area contributed by atoms with Crippen LogP contribution in [0.15, 0.2) is 60.9 Å². The number of hydrogen-bond acceptors (Lipinski definition) is 5. The van der Waals surface area contributed by atoms with E-state index in [-0.39, 0.29) is 11.8 Å². The molecule has 1 fully saturated rings. The van der Waals surface area contributed by atoms with Crippen LogP contribution in [0.2, 0.25) is 5.02 Å². The number of piperidine rings is 1. The van der Waals surface area contributed by atoms with Crippen molar-refractivity contribution >= 4 is 23.3 Å². The summed E-state index contributed by atoms with van der Waals surface area (Å²) in [6.07, 6.45) is 5.07. The maximum atomic E-state index is 12.5. The van der Waals surface area contributed by atoms with E-state index in [2.05, 4.69) is 25.4 Å². The Bertz CT molecular complexity index is 956. The quantitative estimate of drug-likeness (QED) is 0.697. The average Bonchev–Trinajstić information content (AvgIpc) is 2.79. The van der Waals surface area contributed by atoms with Gasteiger partial charge >= 0.3 is 0 Å². The van der Waals surface area contributed by atoms with Crippen molar-refractivity contribution in [3.63, 3.8) is 0 Å². The fraction of sp³-hybridized carbons (Fsp3) is 0.273. The van der Waals surface area contributed by atoms with Gasteiger partial charge in [0.15, 0.2) is 5.82 Å². The number of carbonyl (C=O) groups is 1. The molecule has 0 unspecified atom stereocenters. The SMILES string of the molecule is O=C(NCc1ccccc1Cl)C1CCN(c2ccc(-c3ccncc3)nn2)CC1. The monoisotopic (exact) mass is 407 g/mol. The third kappa shape index (κ3) is 4.71. The van der Waals surface area contributed by atoms with Crippen LogP contribution in [0.1, 0.15) is 18.4 Å². The first-order valence-corrected chi connectivity index (χ1v) is 10.1. The fourth-order valence-corrected chi connectivity index (χ4v) is 3.71. The first-order valence-electron chi connectivity index (χ1n) is 9.71. The zero-order valence-corrected chi connectivity index (χ0v) is 16.7. The van der Waals surface area contributed by atoms with Gasteiger partial charge in [0.2, 0.25) is 5.91 Å². The molecular weight excluding hydrogens is 386 g/mol. The number of nitrogens with one attached hydrogen (secondary N) is 1. The molecule has 1 aliphatic heterocycles. The first kappa shape index (κ1) is 19.3. The van der Waals surface area contributed by atoms with E-state index in [1.807, 2.05) is 48.5 Å². The molecule has 6 nitrogen and oxygen atoms in total. The Balaban J connectivity index is 1.30. The first-order chi connectivity index (χ1) is 14.2. The smallest absolute Gasteiger partial charge is 0.223 e. The number of nitrogens with zero attached hydrogens (tertiary/aromatic N) is 4. The minimum Gasteiger partial charge on any atom is -0.355 e. The Morgan fingerprint density at radius 3 is 2.48 bits per heavy atom. The Labute approximate surface area is 174 Å². The van der Waals surface area contributed by atoms with Gasteiger partial charge in [0, 0.05) is 48.5 Å². The summed E-state index contributed by atoms with van der Waals surface area (Å²) in [5.74, 6) is 0.944. The number of pyridine rings is 1. The molecule has 1 aromatic carbocycles. The van der Waals surface area contributed by atoms with Gasteiger partial charge in [-0.2, -0.15) is 0 Å². The van der Waals surface area contributed by atoms with Crippen molar-refractivity contribution in [1.29, 1.82) is 0 Å². The number of carbonyl (C=O) groups excluding carboxylic acids is 1. The second-order valence-corrected chi connectivity index (χ2v) is 7.49. The molecule has 7 heteroatoms. The normalized spacial score (nSPS) is 14.6. The molecule has 1 amide bonds. The molecule has 3 heterocycles. The van der Waals surface area contributed by atoms with E-state index in [0.717, 1.165) is 48.6 Å².